The minimum absolute atomic E-state index is 0.631. The molecular weight excluding hydrogens is 202 g/mol. The van der Waals surface area contributed by atoms with E-state index in [1.165, 1.54) is 32.5 Å². The maximum Gasteiger partial charge on any atom is 0.124 e. The first kappa shape index (κ1) is 10.3. The zero-order valence-corrected chi connectivity index (χ0v) is 9.80. The van der Waals surface area contributed by atoms with E-state index < -0.39 is 0 Å². The van der Waals surface area contributed by atoms with E-state index >= 15 is 0 Å². The van der Waals surface area contributed by atoms with Crippen LogP contribution in [0.3, 0.4) is 0 Å². The molecule has 0 spiro atoms. The first-order valence-corrected chi connectivity index (χ1v) is 6.20. The zero-order valence-electron chi connectivity index (χ0n) is 9.80. The van der Waals surface area contributed by atoms with Crippen molar-refractivity contribution in [1.29, 1.82) is 0 Å². The fraction of sp³-hybridized carbons (Fsp3) is 0.750. The largest absolute Gasteiger partial charge is 0.364 e. The lowest BCUT2D eigenvalue weighted by Gasteiger charge is -2.41. The van der Waals surface area contributed by atoms with Gasteiger partial charge in [0.25, 0.3) is 0 Å². The van der Waals surface area contributed by atoms with Crippen molar-refractivity contribution in [3.05, 3.63) is 18.0 Å². The van der Waals surface area contributed by atoms with Crippen LogP contribution in [-0.2, 0) is 6.54 Å². The molecule has 2 unspecified atom stereocenters. The molecule has 0 amide bonds. The molecule has 2 aliphatic rings. The van der Waals surface area contributed by atoms with Crippen LogP contribution in [0.4, 0.5) is 0 Å². The fourth-order valence-corrected chi connectivity index (χ4v) is 3.00. The molecule has 0 bridgehead atoms. The van der Waals surface area contributed by atoms with E-state index in [-0.39, 0.29) is 0 Å². The molecule has 1 aromatic rings. The van der Waals surface area contributed by atoms with Gasteiger partial charge in [-0.1, -0.05) is 5.16 Å². The number of aromatic nitrogens is 1. The SMILES string of the molecule is CC1CN2CCCC2CN1Cc1ccon1. The molecule has 2 atom stereocenters. The third kappa shape index (κ3) is 1.87. The van der Waals surface area contributed by atoms with Crippen LogP contribution in [-0.4, -0.2) is 46.7 Å². The van der Waals surface area contributed by atoms with Gasteiger partial charge in [0.15, 0.2) is 0 Å². The number of fused-ring (bicyclic) bond motifs is 1. The molecule has 4 nitrogen and oxygen atoms in total. The molecule has 4 heteroatoms. The van der Waals surface area contributed by atoms with Crippen LogP contribution in [0.1, 0.15) is 25.5 Å². The van der Waals surface area contributed by atoms with Gasteiger partial charge in [0.05, 0.1) is 5.69 Å². The number of rotatable bonds is 2. The molecule has 1 aromatic heterocycles. The topological polar surface area (TPSA) is 32.5 Å². The summed E-state index contributed by atoms with van der Waals surface area (Å²) >= 11 is 0. The predicted molar refractivity (Wildman–Crippen MR) is 61.0 cm³/mol. The third-order valence-corrected chi connectivity index (χ3v) is 3.92. The summed E-state index contributed by atoms with van der Waals surface area (Å²) in [6.45, 7) is 6.94. The lowest BCUT2D eigenvalue weighted by Crippen LogP contribution is -2.54. The molecule has 0 saturated carbocycles. The molecule has 0 aliphatic carbocycles. The van der Waals surface area contributed by atoms with Crippen LogP contribution in [0.5, 0.6) is 0 Å². The summed E-state index contributed by atoms with van der Waals surface area (Å²) < 4.78 is 4.89. The molecule has 2 fully saturated rings. The van der Waals surface area contributed by atoms with E-state index in [4.69, 9.17) is 4.52 Å². The van der Waals surface area contributed by atoms with Crippen LogP contribution < -0.4 is 0 Å². The predicted octanol–water partition coefficient (Wildman–Crippen LogP) is 1.34. The standard InChI is InChI=1S/C12H19N3O/c1-10-7-14-5-2-3-12(14)9-15(10)8-11-4-6-16-13-11/h4,6,10,12H,2-3,5,7-9H2,1H3. The van der Waals surface area contributed by atoms with Gasteiger partial charge in [-0.15, -0.1) is 0 Å². The highest BCUT2D eigenvalue weighted by molar-refractivity contribution is 4.98. The average Bonchev–Trinajstić information content (AvgIpc) is 2.89. The van der Waals surface area contributed by atoms with E-state index in [9.17, 15) is 0 Å². The Morgan fingerprint density at radius 3 is 3.25 bits per heavy atom. The first-order valence-electron chi connectivity index (χ1n) is 6.20. The summed E-state index contributed by atoms with van der Waals surface area (Å²) in [4.78, 5) is 5.17. The summed E-state index contributed by atoms with van der Waals surface area (Å²) in [7, 11) is 0. The average molecular weight is 221 g/mol. The molecule has 3 rings (SSSR count). The summed E-state index contributed by atoms with van der Waals surface area (Å²) in [6, 6.07) is 3.38. The van der Waals surface area contributed by atoms with Crippen molar-refractivity contribution in [2.24, 2.45) is 0 Å². The Bertz CT molecular complexity index is 338. The van der Waals surface area contributed by atoms with Crippen molar-refractivity contribution in [3.63, 3.8) is 0 Å². The van der Waals surface area contributed by atoms with E-state index in [1.807, 2.05) is 6.07 Å². The maximum atomic E-state index is 4.89. The lowest BCUT2D eigenvalue weighted by molar-refractivity contribution is 0.0525. The van der Waals surface area contributed by atoms with Gasteiger partial charge in [0.1, 0.15) is 6.26 Å². The van der Waals surface area contributed by atoms with Gasteiger partial charge in [-0.2, -0.15) is 0 Å². The zero-order chi connectivity index (χ0) is 11.0. The highest BCUT2D eigenvalue weighted by Crippen LogP contribution is 2.25. The van der Waals surface area contributed by atoms with Gasteiger partial charge in [0.2, 0.25) is 0 Å². The Morgan fingerprint density at radius 1 is 1.50 bits per heavy atom. The van der Waals surface area contributed by atoms with E-state index in [2.05, 4.69) is 21.9 Å². The molecule has 88 valence electrons. The van der Waals surface area contributed by atoms with Crippen LogP contribution in [0.2, 0.25) is 0 Å². The van der Waals surface area contributed by atoms with E-state index in [0.717, 1.165) is 18.3 Å². The molecule has 2 aliphatic heterocycles. The minimum atomic E-state index is 0.631. The Hall–Kier alpha value is -0.870. The van der Waals surface area contributed by atoms with Crippen LogP contribution in [0.25, 0.3) is 0 Å². The Labute approximate surface area is 96.2 Å². The van der Waals surface area contributed by atoms with Gasteiger partial charge < -0.3 is 4.52 Å². The number of piperazine rings is 1. The number of nitrogens with zero attached hydrogens (tertiary/aromatic N) is 3. The molecule has 16 heavy (non-hydrogen) atoms. The molecule has 3 heterocycles. The smallest absolute Gasteiger partial charge is 0.124 e. The van der Waals surface area contributed by atoms with Crippen molar-refractivity contribution in [3.8, 4) is 0 Å². The summed E-state index contributed by atoms with van der Waals surface area (Å²) in [5.74, 6) is 0. The van der Waals surface area contributed by atoms with Crippen molar-refractivity contribution < 1.29 is 4.52 Å². The molecule has 0 N–H and O–H groups in total. The Kier molecular flexibility index (Phi) is 2.69. The fourth-order valence-electron chi connectivity index (χ4n) is 3.00. The van der Waals surface area contributed by atoms with Crippen molar-refractivity contribution in [2.75, 3.05) is 19.6 Å². The van der Waals surface area contributed by atoms with Gasteiger partial charge in [-0.3, -0.25) is 9.80 Å². The molecule has 0 aromatic carbocycles. The van der Waals surface area contributed by atoms with Gasteiger partial charge in [-0.05, 0) is 26.3 Å². The molecule has 0 radical (unpaired) electrons. The van der Waals surface area contributed by atoms with E-state index in [0.29, 0.717) is 6.04 Å². The second-order valence-electron chi connectivity index (χ2n) is 5.06. The van der Waals surface area contributed by atoms with Gasteiger partial charge in [-0.25, -0.2) is 0 Å². The number of hydrogen-bond acceptors (Lipinski definition) is 4. The quantitative estimate of drug-likeness (QED) is 0.754. The summed E-state index contributed by atoms with van der Waals surface area (Å²) in [6.07, 6.45) is 4.39. The maximum absolute atomic E-state index is 4.89. The van der Waals surface area contributed by atoms with Crippen LogP contribution in [0.15, 0.2) is 16.9 Å². The number of hydrogen-bond donors (Lipinski definition) is 0. The van der Waals surface area contributed by atoms with Crippen molar-refractivity contribution in [1.82, 2.24) is 15.0 Å². The third-order valence-electron chi connectivity index (χ3n) is 3.92. The first-order chi connectivity index (χ1) is 7.83. The van der Waals surface area contributed by atoms with Crippen LogP contribution >= 0.6 is 0 Å². The highest BCUT2D eigenvalue weighted by atomic mass is 16.5. The second kappa shape index (κ2) is 4.18. The van der Waals surface area contributed by atoms with Crippen molar-refractivity contribution in [2.45, 2.75) is 38.4 Å². The minimum Gasteiger partial charge on any atom is -0.364 e. The summed E-state index contributed by atoms with van der Waals surface area (Å²) in [5.41, 5.74) is 1.05. The van der Waals surface area contributed by atoms with Crippen LogP contribution in [0, 0.1) is 0 Å². The normalized spacial score (nSPS) is 31.8. The molecule has 2 saturated heterocycles. The van der Waals surface area contributed by atoms with E-state index in [1.54, 1.807) is 6.26 Å². The Morgan fingerprint density at radius 2 is 2.44 bits per heavy atom. The monoisotopic (exact) mass is 221 g/mol. The van der Waals surface area contributed by atoms with Gasteiger partial charge >= 0.3 is 0 Å². The van der Waals surface area contributed by atoms with Crippen molar-refractivity contribution >= 4 is 0 Å². The lowest BCUT2D eigenvalue weighted by atomic mass is 10.1. The highest BCUT2D eigenvalue weighted by Gasteiger charge is 2.34. The Balaban J connectivity index is 1.66. The molecular formula is C12H19N3O. The summed E-state index contributed by atoms with van der Waals surface area (Å²) in [5, 5.41) is 4.00. The van der Waals surface area contributed by atoms with Gasteiger partial charge in [0, 0.05) is 37.8 Å². The second-order valence-corrected chi connectivity index (χ2v) is 5.06.